The van der Waals surface area contributed by atoms with Crippen molar-refractivity contribution in [2.24, 2.45) is 0 Å². The Labute approximate surface area is 113 Å². The van der Waals surface area contributed by atoms with Gasteiger partial charge in [0.05, 0.1) is 0 Å². The minimum atomic E-state index is 0.181. The van der Waals surface area contributed by atoms with Gasteiger partial charge in [-0.1, -0.05) is 49.6 Å². The number of hydrogen-bond acceptors (Lipinski definition) is 2. The summed E-state index contributed by atoms with van der Waals surface area (Å²) in [6.45, 7) is 7.59. The van der Waals surface area contributed by atoms with Crippen molar-refractivity contribution in [1.82, 2.24) is 0 Å². The quantitative estimate of drug-likeness (QED) is 0.710. The molecule has 0 spiro atoms. The molecule has 96 valence electrons. The number of hydrogen-bond donors (Lipinski definition) is 0. The fourth-order valence-corrected chi connectivity index (χ4v) is 1.57. The molecule has 0 radical (unpaired) electrons. The first-order valence-corrected chi connectivity index (χ1v) is 6.02. The van der Waals surface area contributed by atoms with E-state index in [1.54, 1.807) is 12.2 Å². The maximum atomic E-state index is 5.49. The third kappa shape index (κ3) is 3.75. The van der Waals surface area contributed by atoms with Gasteiger partial charge in [-0.05, 0) is 35.4 Å². The van der Waals surface area contributed by atoms with Crippen molar-refractivity contribution >= 4 is 12.2 Å². The summed E-state index contributed by atoms with van der Waals surface area (Å²) in [4.78, 5) is 0. The van der Waals surface area contributed by atoms with Gasteiger partial charge in [0, 0.05) is 0 Å². The van der Waals surface area contributed by atoms with Crippen LogP contribution < -0.4 is 9.47 Å². The summed E-state index contributed by atoms with van der Waals surface area (Å²) in [7, 11) is 0. The first kappa shape index (κ1) is 13.0. The van der Waals surface area contributed by atoms with E-state index in [9.17, 15) is 0 Å². The van der Waals surface area contributed by atoms with Crippen LogP contribution in [0.1, 0.15) is 11.1 Å². The maximum absolute atomic E-state index is 5.49. The lowest BCUT2D eigenvalue weighted by atomic mass is 10.2. The van der Waals surface area contributed by atoms with Crippen molar-refractivity contribution in [3.63, 3.8) is 0 Å². The Morgan fingerprint density at radius 3 is 1.37 bits per heavy atom. The topological polar surface area (TPSA) is 18.5 Å². The Bertz CT molecular complexity index is 487. The second kappa shape index (κ2) is 6.45. The first-order chi connectivity index (χ1) is 9.31. The Kier molecular flexibility index (Phi) is 4.40. The zero-order valence-electron chi connectivity index (χ0n) is 10.7. The zero-order valence-corrected chi connectivity index (χ0v) is 10.7. The van der Waals surface area contributed by atoms with Crippen molar-refractivity contribution in [3.8, 4) is 11.5 Å². The van der Waals surface area contributed by atoms with E-state index >= 15 is 0 Å². The first-order valence-electron chi connectivity index (χ1n) is 6.02. The van der Waals surface area contributed by atoms with Crippen molar-refractivity contribution in [2.75, 3.05) is 6.79 Å². The zero-order chi connectivity index (χ0) is 13.5. The van der Waals surface area contributed by atoms with Gasteiger partial charge in [0.15, 0.2) is 0 Å². The fraction of sp³-hybridized carbons (Fsp3) is 0.0588. The maximum Gasteiger partial charge on any atom is 0.230 e. The highest BCUT2D eigenvalue weighted by atomic mass is 16.7. The lowest BCUT2D eigenvalue weighted by Gasteiger charge is -2.08. The summed E-state index contributed by atoms with van der Waals surface area (Å²) < 4.78 is 11.0. The molecule has 0 aliphatic rings. The van der Waals surface area contributed by atoms with E-state index in [0.717, 1.165) is 22.6 Å². The second-order valence-corrected chi connectivity index (χ2v) is 3.95. The van der Waals surface area contributed by atoms with Gasteiger partial charge in [-0.15, -0.1) is 0 Å². The van der Waals surface area contributed by atoms with Crippen LogP contribution in [-0.4, -0.2) is 6.79 Å². The molecule has 0 saturated carbocycles. The smallest absolute Gasteiger partial charge is 0.230 e. The van der Waals surface area contributed by atoms with Crippen LogP contribution in [0.2, 0.25) is 0 Å². The minimum Gasteiger partial charge on any atom is -0.458 e. The summed E-state index contributed by atoms with van der Waals surface area (Å²) in [6.07, 6.45) is 3.59. The van der Waals surface area contributed by atoms with E-state index < -0.39 is 0 Å². The van der Waals surface area contributed by atoms with Gasteiger partial charge in [-0.2, -0.15) is 0 Å². The normalized spacial score (nSPS) is 9.68. The van der Waals surface area contributed by atoms with Crippen LogP contribution in [0.3, 0.4) is 0 Å². The van der Waals surface area contributed by atoms with E-state index in [0.29, 0.717) is 0 Å². The van der Waals surface area contributed by atoms with Crippen LogP contribution in [0.4, 0.5) is 0 Å². The molecule has 2 rings (SSSR count). The molecule has 19 heavy (non-hydrogen) atoms. The highest BCUT2D eigenvalue weighted by Crippen LogP contribution is 2.15. The van der Waals surface area contributed by atoms with E-state index in [2.05, 4.69) is 13.2 Å². The van der Waals surface area contributed by atoms with Gasteiger partial charge in [0.1, 0.15) is 11.5 Å². The fourth-order valence-electron chi connectivity index (χ4n) is 1.57. The molecule has 2 aromatic rings. The molecule has 0 atom stereocenters. The lowest BCUT2D eigenvalue weighted by Crippen LogP contribution is -2.05. The largest absolute Gasteiger partial charge is 0.458 e. The Morgan fingerprint density at radius 1 is 0.684 bits per heavy atom. The third-order valence-electron chi connectivity index (χ3n) is 2.68. The van der Waals surface area contributed by atoms with Crippen molar-refractivity contribution in [2.45, 2.75) is 0 Å². The summed E-state index contributed by atoms with van der Waals surface area (Å²) in [5.41, 5.74) is 2.13. The van der Waals surface area contributed by atoms with E-state index in [-0.39, 0.29) is 6.79 Å². The second-order valence-electron chi connectivity index (χ2n) is 3.95. The van der Waals surface area contributed by atoms with Crippen LogP contribution in [0.15, 0.2) is 61.7 Å². The molecule has 0 amide bonds. The molecule has 0 heterocycles. The highest BCUT2D eigenvalue weighted by molar-refractivity contribution is 5.48. The van der Waals surface area contributed by atoms with Crippen LogP contribution in [0.5, 0.6) is 11.5 Å². The Balaban J connectivity index is 1.84. The average Bonchev–Trinajstić information content (AvgIpc) is 2.49. The molecule has 0 aromatic heterocycles. The summed E-state index contributed by atoms with van der Waals surface area (Å²) in [5.74, 6) is 1.54. The van der Waals surface area contributed by atoms with Gasteiger partial charge in [-0.3, -0.25) is 0 Å². The molecular weight excluding hydrogens is 236 g/mol. The Hall–Kier alpha value is -2.48. The number of rotatable bonds is 6. The molecule has 2 aromatic carbocycles. The Morgan fingerprint density at radius 2 is 1.05 bits per heavy atom. The predicted octanol–water partition coefficient (Wildman–Crippen LogP) is 4.39. The third-order valence-corrected chi connectivity index (χ3v) is 2.68. The van der Waals surface area contributed by atoms with Crippen LogP contribution >= 0.6 is 0 Å². The molecule has 0 N–H and O–H groups in total. The summed E-state index contributed by atoms with van der Waals surface area (Å²) in [6, 6.07) is 15.3. The molecule has 2 heteroatoms. The van der Waals surface area contributed by atoms with Crippen molar-refractivity contribution < 1.29 is 9.47 Å². The summed E-state index contributed by atoms with van der Waals surface area (Å²) >= 11 is 0. The SMILES string of the molecule is C=Cc1ccc(OCOc2ccc(C=C)cc2)cc1. The van der Waals surface area contributed by atoms with Crippen LogP contribution in [0.25, 0.3) is 12.2 Å². The molecule has 0 bridgehead atoms. The van der Waals surface area contributed by atoms with E-state index in [4.69, 9.17) is 9.47 Å². The van der Waals surface area contributed by atoms with Gasteiger partial charge in [0.25, 0.3) is 0 Å². The molecular formula is C17H16O2. The molecule has 0 aliphatic heterocycles. The molecule has 0 saturated heterocycles. The standard InChI is InChI=1S/C17H16O2/c1-3-14-5-9-16(10-6-14)18-13-19-17-11-7-15(4-2)8-12-17/h3-12H,1-2,13H2. The van der Waals surface area contributed by atoms with Crippen LogP contribution in [0, 0.1) is 0 Å². The number of benzene rings is 2. The van der Waals surface area contributed by atoms with Gasteiger partial charge in [-0.25, -0.2) is 0 Å². The molecule has 2 nitrogen and oxygen atoms in total. The van der Waals surface area contributed by atoms with E-state index in [1.807, 2.05) is 48.5 Å². The minimum absolute atomic E-state index is 0.181. The monoisotopic (exact) mass is 252 g/mol. The van der Waals surface area contributed by atoms with Crippen molar-refractivity contribution in [1.29, 1.82) is 0 Å². The van der Waals surface area contributed by atoms with E-state index in [1.165, 1.54) is 0 Å². The predicted molar refractivity (Wildman–Crippen MR) is 79.2 cm³/mol. The molecule has 0 fully saturated rings. The van der Waals surface area contributed by atoms with Gasteiger partial charge >= 0.3 is 0 Å². The molecule has 0 aliphatic carbocycles. The average molecular weight is 252 g/mol. The van der Waals surface area contributed by atoms with Crippen molar-refractivity contribution in [3.05, 3.63) is 72.8 Å². The van der Waals surface area contributed by atoms with Gasteiger partial charge in [0.2, 0.25) is 6.79 Å². The molecule has 0 unspecified atom stereocenters. The van der Waals surface area contributed by atoms with Gasteiger partial charge < -0.3 is 9.47 Å². The lowest BCUT2D eigenvalue weighted by molar-refractivity contribution is 0.120. The highest BCUT2D eigenvalue weighted by Gasteiger charge is 1.96. The number of ether oxygens (including phenoxy) is 2. The summed E-state index contributed by atoms with van der Waals surface area (Å²) in [5, 5.41) is 0. The van der Waals surface area contributed by atoms with Crippen LogP contribution in [-0.2, 0) is 0 Å².